The molecule has 0 spiro atoms. The summed E-state index contributed by atoms with van der Waals surface area (Å²) in [4.78, 5) is 13.9. The van der Waals surface area contributed by atoms with Gasteiger partial charge >= 0.3 is 5.97 Å². The number of nitrogens with one attached hydrogen (secondary N) is 2. The van der Waals surface area contributed by atoms with Crippen molar-refractivity contribution in [2.24, 2.45) is 0 Å². The molecule has 0 atom stereocenters. The third kappa shape index (κ3) is 5.94. The quantitative estimate of drug-likeness (QED) is 0.236. The van der Waals surface area contributed by atoms with Gasteiger partial charge < -0.3 is 15.4 Å². The van der Waals surface area contributed by atoms with Crippen LogP contribution in [0.25, 0.3) is 0 Å². The molecule has 0 saturated heterocycles. The van der Waals surface area contributed by atoms with Crippen LogP contribution in [-0.2, 0) is 24.1 Å². The number of hydrogen-bond donors (Lipinski definition) is 2. The van der Waals surface area contributed by atoms with Gasteiger partial charge in [0.1, 0.15) is 5.00 Å². The molecule has 1 aliphatic carbocycles. The number of halogens is 3. The standard InChI is InChI=1S/C23H23BrCl2N4O2S2/c1-32-22(31)19-14-6-4-2-3-5-7-18(14)34-21(19)28-23(33)27-20-15(24)12-30(29-20)11-13-8-9-16(25)17(26)10-13/h8-10,12H,2-7,11H2,1H3,(H2,27,28,29,33). The van der Waals surface area contributed by atoms with E-state index in [2.05, 4.69) is 31.7 Å². The van der Waals surface area contributed by atoms with Crippen LogP contribution >= 0.6 is 62.7 Å². The number of esters is 1. The number of anilines is 2. The number of benzene rings is 1. The van der Waals surface area contributed by atoms with Gasteiger partial charge in [0, 0.05) is 11.1 Å². The second-order valence-electron chi connectivity index (χ2n) is 7.96. The zero-order chi connectivity index (χ0) is 24.2. The lowest BCUT2D eigenvalue weighted by atomic mass is 9.96. The van der Waals surface area contributed by atoms with Crippen molar-refractivity contribution in [3.8, 4) is 0 Å². The lowest BCUT2D eigenvalue weighted by molar-refractivity contribution is 0.0601. The second-order valence-corrected chi connectivity index (χ2v) is 11.1. The van der Waals surface area contributed by atoms with Crippen LogP contribution in [0.1, 0.15) is 52.0 Å². The van der Waals surface area contributed by atoms with Gasteiger partial charge in [0.05, 0.1) is 33.7 Å². The van der Waals surface area contributed by atoms with Crippen molar-refractivity contribution in [1.29, 1.82) is 0 Å². The molecule has 2 heterocycles. The molecule has 0 aliphatic heterocycles. The Morgan fingerprint density at radius 2 is 1.97 bits per heavy atom. The number of ether oxygens (including phenoxy) is 1. The average molecular weight is 602 g/mol. The van der Waals surface area contributed by atoms with Crippen LogP contribution in [0.4, 0.5) is 10.8 Å². The minimum atomic E-state index is -0.338. The van der Waals surface area contributed by atoms with Gasteiger partial charge in [-0.25, -0.2) is 4.79 Å². The number of hydrogen-bond acceptors (Lipinski definition) is 5. The van der Waals surface area contributed by atoms with Gasteiger partial charge in [-0.1, -0.05) is 42.1 Å². The third-order valence-corrected chi connectivity index (χ3v) is 8.30. The molecule has 34 heavy (non-hydrogen) atoms. The monoisotopic (exact) mass is 600 g/mol. The van der Waals surface area contributed by atoms with Gasteiger partial charge in [0.2, 0.25) is 0 Å². The highest BCUT2D eigenvalue weighted by molar-refractivity contribution is 9.10. The summed E-state index contributed by atoms with van der Waals surface area (Å²) in [7, 11) is 1.41. The Kier molecular flexibility index (Phi) is 8.52. The van der Waals surface area contributed by atoms with Crippen LogP contribution in [0.5, 0.6) is 0 Å². The number of thiophene rings is 1. The van der Waals surface area contributed by atoms with Crippen LogP contribution in [0.15, 0.2) is 28.9 Å². The van der Waals surface area contributed by atoms with E-state index < -0.39 is 0 Å². The zero-order valence-electron chi connectivity index (χ0n) is 18.4. The second kappa shape index (κ2) is 11.4. The molecule has 0 amide bonds. The highest BCUT2D eigenvalue weighted by Crippen LogP contribution is 2.37. The van der Waals surface area contributed by atoms with E-state index in [1.54, 1.807) is 22.1 Å². The van der Waals surface area contributed by atoms with Crippen LogP contribution in [0.3, 0.4) is 0 Å². The van der Waals surface area contributed by atoms with Crippen molar-refractivity contribution in [2.45, 2.75) is 45.1 Å². The maximum Gasteiger partial charge on any atom is 0.341 e. The summed E-state index contributed by atoms with van der Waals surface area (Å²) in [5.74, 6) is 0.225. The Labute approximate surface area is 226 Å². The Balaban J connectivity index is 1.50. The Hall–Kier alpha value is -1.65. The smallest absolute Gasteiger partial charge is 0.341 e. The number of fused-ring (bicyclic) bond motifs is 1. The molecule has 2 N–H and O–H groups in total. The normalized spacial score (nSPS) is 13.5. The number of carbonyl (C=O) groups excluding carboxylic acids is 1. The number of rotatable bonds is 5. The van der Waals surface area contributed by atoms with E-state index in [1.165, 1.54) is 24.8 Å². The largest absolute Gasteiger partial charge is 0.465 e. The van der Waals surface area contributed by atoms with E-state index in [9.17, 15) is 4.79 Å². The molecule has 2 aromatic heterocycles. The fourth-order valence-corrected chi connectivity index (χ4v) is 6.24. The van der Waals surface area contributed by atoms with Crippen molar-refractivity contribution in [3.05, 3.63) is 60.5 Å². The number of aryl methyl sites for hydroxylation is 1. The molecule has 1 aromatic carbocycles. The van der Waals surface area contributed by atoms with Gasteiger partial charge in [0.15, 0.2) is 10.9 Å². The van der Waals surface area contributed by atoms with Gasteiger partial charge in [-0.2, -0.15) is 5.10 Å². The topological polar surface area (TPSA) is 68.2 Å². The van der Waals surface area contributed by atoms with Crippen LogP contribution in [0.2, 0.25) is 10.0 Å². The van der Waals surface area contributed by atoms with E-state index in [0.717, 1.165) is 41.3 Å². The van der Waals surface area contributed by atoms with E-state index >= 15 is 0 Å². The van der Waals surface area contributed by atoms with Crippen molar-refractivity contribution in [2.75, 3.05) is 17.7 Å². The van der Waals surface area contributed by atoms with Gasteiger partial charge in [-0.3, -0.25) is 4.68 Å². The van der Waals surface area contributed by atoms with Crippen molar-refractivity contribution in [1.82, 2.24) is 9.78 Å². The Bertz CT molecular complexity index is 1230. The first-order chi connectivity index (χ1) is 16.4. The molecule has 1 aliphatic rings. The molecule has 0 saturated carbocycles. The molecular weight excluding hydrogens is 579 g/mol. The molecular formula is C23H23BrCl2N4O2S2. The number of aromatic nitrogens is 2. The minimum absolute atomic E-state index is 0.338. The molecule has 0 unspecified atom stereocenters. The lowest BCUT2D eigenvalue weighted by Crippen LogP contribution is -2.21. The van der Waals surface area contributed by atoms with Gasteiger partial charge in [-0.15, -0.1) is 11.3 Å². The summed E-state index contributed by atoms with van der Waals surface area (Å²) in [5.41, 5.74) is 2.65. The molecule has 0 bridgehead atoms. The summed E-state index contributed by atoms with van der Waals surface area (Å²) in [6.07, 6.45) is 8.28. The number of nitrogens with zero attached hydrogens (tertiary/aromatic N) is 2. The molecule has 180 valence electrons. The van der Waals surface area contributed by atoms with E-state index in [0.29, 0.717) is 38.1 Å². The zero-order valence-corrected chi connectivity index (χ0v) is 23.2. The van der Waals surface area contributed by atoms with Crippen molar-refractivity contribution >= 4 is 84.6 Å². The third-order valence-electron chi connectivity index (χ3n) is 5.57. The first-order valence-electron chi connectivity index (χ1n) is 10.8. The highest BCUT2D eigenvalue weighted by atomic mass is 79.9. The Morgan fingerprint density at radius 1 is 1.21 bits per heavy atom. The maximum atomic E-state index is 12.6. The van der Waals surface area contributed by atoms with E-state index in [1.807, 2.05) is 18.3 Å². The minimum Gasteiger partial charge on any atom is -0.465 e. The van der Waals surface area contributed by atoms with Gasteiger partial charge in [0.25, 0.3) is 0 Å². The summed E-state index contributed by atoms with van der Waals surface area (Å²) in [6, 6.07) is 5.48. The highest BCUT2D eigenvalue weighted by Gasteiger charge is 2.25. The van der Waals surface area contributed by atoms with Crippen LogP contribution in [0, 0.1) is 0 Å². The summed E-state index contributed by atoms with van der Waals surface area (Å²) < 4.78 is 7.61. The molecule has 4 rings (SSSR count). The molecule has 3 aromatic rings. The molecule has 0 radical (unpaired) electrons. The Morgan fingerprint density at radius 3 is 2.71 bits per heavy atom. The van der Waals surface area contributed by atoms with Crippen molar-refractivity contribution < 1.29 is 9.53 Å². The lowest BCUT2D eigenvalue weighted by Gasteiger charge is -2.11. The van der Waals surface area contributed by atoms with Crippen LogP contribution < -0.4 is 10.6 Å². The summed E-state index contributed by atoms with van der Waals surface area (Å²) in [6.45, 7) is 0.515. The first kappa shape index (κ1) is 25.4. The SMILES string of the molecule is COC(=O)c1c(NC(=S)Nc2nn(Cc3ccc(Cl)c(Cl)c3)cc2Br)sc2c1CCCCCC2. The first-order valence-corrected chi connectivity index (χ1v) is 13.6. The molecule has 0 fully saturated rings. The summed E-state index contributed by atoms with van der Waals surface area (Å²) >= 11 is 22.8. The fourth-order valence-electron chi connectivity index (χ4n) is 3.96. The number of carbonyl (C=O) groups is 1. The predicted molar refractivity (Wildman–Crippen MR) is 147 cm³/mol. The number of thiocarbonyl (C=S) groups is 1. The predicted octanol–water partition coefficient (Wildman–Crippen LogP) is 7.32. The van der Waals surface area contributed by atoms with E-state index in [-0.39, 0.29) is 5.97 Å². The van der Waals surface area contributed by atoms with Crippen LogP contribution in [-0.4, -0.2) is 28.0 Å². The molecule has 6 nitrogen and oxygen atoms in total. The maximum absolute atomic E-state index is 12.6. The van der Waals surface area contributed by atoms with Gasteiger partial charge in [-0.05, 0) is 77.1 Å². The number of methoxy groups -OCH3 is 1. The molecule has 11 heteroatoms. The average Bonchev–Trinajstić information content (AvgIpc) is 3.28. The summed E-state index contributed by atoms with van der Waals surface area (Å²) in [5, 5.41) is 13.0. The fraction of sp³-hybridized carbons (Fsp3) is 0.348. The van der Waals surface area contributed by atoms with Crippen molar-refractivity contribution in [3.63, 3.8) is 0 Å². The van der Waals surface area contributed by atoms with E-state index in [4.69, 9.17) is 40.2 Å².